The number of ketones is 1. The smallest absolute Gasteiger partial charge is 0.253 e. The molecule has 0 radical (unpaired) electrons. The monoisotopic (exact) mass is 282 g/mol. The molecule has 0 aliphatic rings. The summed E-state index contributed by atoms with van der Waals surface area (Å²) in [4.78, 5) is 11.8. The number of carbonyl (C=O) groups is 1. The van der Waals surface area contributed by atoms with Gasteiger partial charge in [-0.3, -0.25) is 4.79 Å². The molecular formula is C10H9Cl3O3. The van der Waals surface area contributed by atoms with Crippen molar-refractivity contribution < 1.29 is 14.3 Å². The lowest BCUT2D eigenvalue weighted by Crippen LogP contribution is -2.19. The highest BCUT2D eigenvalue weighted by molar-refractivity contribution is 6.77. The zero-order valence-corrected chi connectivity index (χ0v) is 10.9. The van der Waals surface area contributed by atoms with E-state index in [9.17, 15) is 4.79 Å². The Balaban J connectivity index is 3.29. The molecule has 0 aliphatic heterocycles. The molecule has 0 N–H and O–H groups in total. The molecule has 1 rings (SSSR count). The fourth-order valence-electron chi connectivity index (χ4n) is 1.22. The van der Waals surface area contributed by atoms with Crippen LogP contribution in [0.1, 0.15) is 10.4 Å². The van der Waals surface area contributed by atoms with E-state index in [1.807, 2.05) is 0 Å². The summed E-state index contributed by atoms with van der Waals surface area (Å²) in [6.07, 6.45) is 0. The highest BCUT2D eigenvalue weighted by Gasteiger charge is 2.34. The molecule has 6 heteroatoms. The largest absolute Gasteiger partial charge is 0.493 e. The van der Waals surface area contributed by atoms with Crippen molar-refractivity contribution in [2.45, 2.75) is 3.79 Å². The number of Topliss-reactive ketones (excluding diaryl/α,β-unsaturated/α-hetero) is 1. The van der Waals surface area contributed by atoms with Gasteiger partial charge in [-0.2, -0.15) is 0 Å². The second kappa shape index (κ2) is 5.13. The van der Waals surface area contributed by atoms with Crippen LogP contribution in [0.15, 0.2) is 18.2 Å². The van der Waals surface area contributed by atoms with Gasteiger partial charge in [0.2, 0.25) is 5.78 Å². The molecule has 0 amide bonds. The molecule has 0 bridgehead atoms. The van der Waals surface area contributed by atoms with Crippen molar-refractivity contribution in [2.24, 2.45) is 0 Å². The Morgan fingerprint density at radius 1 is 1.19 bits per heavy atom. The number of para-hydroxylation sites is 1. The van der Waals surface area contributed by atoms with Crippen LogP contribution in [-0.4, -0.2) is 23.8 Å². The number of alkyl halides is 3. The van der Waals surface area contributed by atoms with E-state index in [0.717, 1.165) is 0 Å². The minimum Gasteiger partial charge on any atom is -0.493 e. The number of hydrogen-bond donors (Lipinski definition) is 0. The molecule has 1 aromatic rings. The van der Waals surface area contributed by atoms with Crippen molar-refractivity contribution >= 4 is 40.6 Å². The van der Waals surface area contributed by atoms with Crippen LogP contribution in [0, 0.1) is 0 Å². The summed E-state index contributed by atoms with van der Waals surface area (Å²) in [5, 5.41) is 0. The van der Waals surface area contributed by atoms with Crippen LogP contribution in [0.25, 0.3) is 0 Å². The van der Waals surface area contributed by atoms with Crippen molar-refractivity contribution in [3.05, 3.63) is 23.8 Å². The highest BCUT2D eigenvalue weighted by atomic mass is 35.6. The lowest BCUT2D eigenvalue weighted by Gasteiger charge is -2.14. The lowest BCUT2D eigenvalue weighted by atomic mass is 10.1. The van der Waals surface area contributed by atoms with Gasteiger partial charge in [-0.05, 0) is 12.1 Å². The molecule has 0 saturated carbocycles. The lowest BCUT2D eigenvalue weighted by molar-refractivity contribution is 0.0993. The molecule has 0 saturated heterocycles. The van der Waals surface area contributed by atoms with Gasteiger partial charge in [0.05, 0.1) is 19.8 Å². The molecule has 3 nitrogen and oxygen atoms in total. The molecule has 0 aliphatic carbocycles. The Morgan fingerprint density at radius 3 is 2.25 bits per heavy atom. The average molecular weight is 284 g/mol. The van der Waals surface area contributed by atoms with Crippen molar-refractivity contribution in [3.8, 4) is 11.5 Å². The maximum Gasteiger partial charge on any atom is 0.253 e. The number of halogens is 3. The zero-order chi connectivity index (χ0) is 12.3. The third kappa shape index (κ3) is 2.73. The number of carbonyl (C=O) groups excluding carboxylic acids is 1. The maximum absolute atomic E-state index is 11.8. The van der Waals surface area contributed by atoms with Gasteiger partial charge >= 0.3 is 0 Å². The molecular weight excluding hydrogens is 274 g/mol. The first-order valence-corrected chi connectivity index (χ1v) is 5.37. The summed E-state index contributed by atoms with van der Waals surface area (Å²) in [5.41, 5.74) is 0.168. The van der Waals surface area contributed by atoms with Crippen LogP contribution in [0.3, 0.4) is 0 Å². The van der Waals surface area contributed by atoms with E-state index in [1.54, 1.807) is 12.1 Å². The minimum absolute atomic E-state index is 0.168. The minimum atomic E-state index is -2.01. The number of benzene rings is 1. The van der Waals surface area contributed by atoms with Crippen molar-refractivity contribution in [2.75, 3.05) is 14.2 Å². The van der Waals surface area contributed by atoms with Gasteiger partial charge in [0.25, 0.3) is 3.79 Å². The molecule has 0 atom stereocenters. The van der Waals surface area contributed by atoms with Crippen LogP contribution >= 0.6 is 34.8 Å². The van der Waals surface area contributed by atoms with Crippen molar-refractivity contribution in [1.82, 2.24) is 0 Å². The van der Waals surface area contributed by atoms with Gasteiger partial charge < -0.3 is 9.47 Å². The normalized spacial score (nSPS) is 11.1. The Kier molecular flexibility index (Phi) is 4.30. The summed E-state index contributed by atoms with van der Waals surface area (Å²) in [5.74, 6) is -0.00262. The molecule has 0 heterocycles. The van der Waals surface area contributed by atoms with Crippen LogP contribution in [-0.2, 0) is 0 Å². The van der Waals surface area contributed by atoms with Crippen LogP contribution < -0.4 is 9.47 Å². The number of rotatable bonds is 3. The van der Waals surface area contributed by atoms with E-state index >= 15 is 0 Å². The SMILES string of the molecule is COc1cccc(C(=O)C(Cl)(Cl)Cl)c1OC. The first kappa shape index (κ1) is 13.4. The van der Waals surface area contributed by atoms with Crippen LogP contribution in [0.4, 0.5) is 0 Å². The third-order valence-electron chi connectivity index (χ3n) is 1.91. The van der Waals surface area contributed by atoms with E-state index in [-0.39, 0.29) is 11.3 Å². The number of hydrogen-bond acceptors (Lipinski definition) is 3. The average Bonchev–Trinajstić information content (AvgIpc) is 2.25. The molecule has 1 aromatic carbocycles. The van der Waals surface area contributed by atoms with E-state index in [0.29, 0.717) is 5.75 Å². The van der Waals surface area contributed by atoms with E-state index in [1.165, 1.54) is 20.3 Å². The Bertz CT molecular complexity index is 399. The maximum atomic E-state index is 11.8. The van der Waals surface area contributed by atoms with Crippen molar-refractivity contribution in [1.29, 1.82) is 0 Å². The van der Waals surface area contributed by atoms with E-state index < -0.39 is 9.58 Å². The first-order chi connectivity index (χ1) is 7.41. The first-order valence-electron chi connectivity index (χ1n) is 4.24. The topological polar surface area (TPSA) is 35.5 Å². The Morgan fingerprint density at radius 2 is 1.81 bits per heavy atom. The Labute approximate surface area is 108 Å². The second-order valence-corrected chi connectivity index (χ2v) is 5.15. The molecule has 0 unspecified atom stereocenters. The Hall–Kier alpha value is -0.640. The fraction of sp³-hybridized carbons (Fsp3) is 0.300. The molecule has 88 valence electrons. The van der Waals surface area contributed by atoms with Gasteiger partial charge in [0.1, 0.15) is 0 Å². The summed E-state index contributed by atoms with van der Waals surface area (Å²) in [7, 11) is 2.87. The fourth-order valence-corrected chi connectivity index (χ4v) is 1.52. The van der Waals surface area contributed by atoms with Crippen LogP contribution in [0.5, 0.6) is 11.5 Å². The second-order valence-electron chi connectivity index (χ2n) is 2.87. The molecule has 16 heavy (non-hydrogen) atoms. The van der Waals surface area contributed by atoms with Gasteiger partial charge in [0, 0.05) is 0 Å². The quantitative estimate of drug-likeness (QED) is 0.631. The molecule has 0 fully saturated rings. The zero-order valence-electron chi connectivity index (χ0n) is 8.59. The molecule has 0 spiro atoms. The summed E-state index contributed by atoms with van der Waals surface area (Å²) < 4.78 is 8.08. The van der Waals surface area contributed by atoms with E-state index in [2.05, 4.69) is 0 Å². The standard InChI is InChI=1S/C10H9Cl3O3/c1-15-7-5-3-4-6(8(7)16-2)9(14)10(11,12)13/h3-5H,1-2H3. The summed E-state index contributed by atoms with van der Waals surface area (Å²) in [6.45, 7) is 0. The molecule has 0 aromatic heterocycles. The van der Waals surface area contributed by atoms with Gasteiger partial charge in [-0.25, -0.2) is 0 Å². The van der Waals surface area contributed by atoms with Crippen molar-refractivity contribution in [3.63, 3.8) is 0 Å². The van der Waals surface area contributed by atoms with Gasteiger partial charge in [-0.1, -0.05) is 40.9 Å². The van der Waals surface area contributed by atoms with Crippen LogP contribution in [0.2, 0.25) is 0 Å². The van der Waals surface area contributed by atoms with E-state index in [4.69, 9.17) is 44.3 Å². The number of methoxy groups -OCH3 is 2. The summed E-state index contributed by atoms with van der Waals surface area (Å²) in [6, 6.07) is 4.77. The highest BCUT2D eigenvalue weighted by Crippen LogP contribution is 2.37. The number of ether oxygens (including phenoxy) is 2. The van der Waals surface area contributed by atoms with Gasteiger partial charge in [-0.15, -0.1) is 0 Å². The third-order valence-corrected chi connectivity index (χ3v) is 2.42. The predicted molar refractivity (Wildman–Crippen MR) is 64.2 cm³/mol. The predicted octanol–water partition coefficient (Wildman–Crippen LogP) is 3.26. The van der Waals surface area contributed by atoms with Gasteiger partial charge in [0.15, 0.2) is 11.5 Å². The summed E-state index contributed by atoms with van der Waals surface area (Å²) >= 11 is 16.6.